The molecule has 1 heterocycles. The number of nitrogens with one attached hydrogen (secondary N) is 2. The van der Waals surface area contributed by atoms with Crippen LogP contribution in [0, 0.1) is 6.92 Å². The monoisotopic (exact) mass is 397 g/mol. The molecule has 0 saturated heterocycles. The van der Waals surface area contributed by atoms with Gasteiger partial charge < -0.3 is 5.32 Å². The van der Waals surface area contributed by atoms with Crippen LogP contribution in [0.5, 0.6) is 0 Å². The number of aromatic nitrogens is 2. The summed E-state index contributed by atoms with van der Waals surface area (Å²) < 4.78 is 1.76. The second kappa shape index (κ2) is 9.30. The van der Waals surface area contributed by atoms with Crippen LogP contribution in [0.1, 0.15) is 22.4 Å². The summed E-state index contributed by atoms with van der Waals surface area (Å²) in [5, 5.41) is 12.8. The molecule has 7 heteroatoms. The van der Waals surface area contributed by atoms with Crippen LogP contribution < -0.4 is 10.7 Å². The number of hydrazone groups is 1. The quantitative estimate of drug-likeness (QED) is 0.376. The maximum atomic E-state index is 6.47. The van der Waals surface area contributed by atoms with E-state index in [1.165, 1.54) is 0 Å². The molecule has 0 radical (unpaired) electrons. The zero-order valence-corrected chi connectivity index (χ0v) is 16.5. The molecule has 0 atom stereocenters. The number of thiocarbonyl (C=S) groups is 1. The predicted molar refractivity (Wildman–Crippen MR) is 114 cm³/mol. The Morgan fingerprint density at radius 3 is 2.41 bits per heavy atom. The maximum Gasteiger partial charge on any atom is 0.187 e. The number of hydrogen-bond donors (Lipinski definition) is 2. The van der Waals surface area contributed by atoms with E-state index in [4.69, 9.17) is 23.8 Å². The van der Waals surface area contributed by atoms with E-state index in [1.807, 2.05) is 67.6 Å². The SMILES string of the molecule is Cc1nn(Cc2ccccc2)c(Cl)c1/C=N/NC(=S)NCc1ccccc1. The van der Waals surface area contributed by atoms with E-state index in [0.29, 0.717) is 23.4 Å². The Hall–Kier alpha value is -2.70. The van der Waals surface area contributed by atoms with E-state index in [0.717, 1.165) is 22.4 Å². The summed E-state index contributed by atoms with van der Waals surface area (Å²) in [7, 11) is 0. The van der Waals surface area contributed by atoms with Crippen molar-refractivity contribution in [1.82, 2.24) is 20.5 Å². The van der Waals surface area contributed by atoms with Gasteiger partial charge in [0.25, 0.3) is 0 Å². The highest BCUT2D eigenvalue weighted by atomic mass is 35.5. The van der Waals surface area contributed by atoms with Crippen molar-refractivity contribution in [2.75, 3.05) is 0 Å². The van der Waals surface area contributed by atoms with Crippen LogP contribution in [0.15, 0.2) is 65.8 Å². The molecule has 0 bridgehead atoms. The van der Waals surface area contributed by atoms with Gasteiger partial charge in [0, 0.05) is 6.54 Å². The largest absolute Gasteiger partial charge is 0.357 e. The first-order valence-electron chi connectivity index (χ1n) is 8.51. The minimum absolute atomic E-state index is 0.445. The average molecular weight is 398 g/mol. The average Bonchev–Trinajstić information content (AvgIpc) is 2.95. The molecular weight excluding hydrogens is 378 g/mol. The molecule has 3 aromatic rings. The minimum Gasteiger partial charge on any atom is -0.357 e. The van der Waals surface area contributed by atoms with Crippen LogP contribution in [0.4, 0.5) is 0 Å². The Labute approximate surface area is 169 Å². The van der Waals surface area contributed by atoms with E-state index in [-0.39, 0.29) is 0 Å². The summed E-state index contributed by atoms with van der Waals surface area (Å²) in [5.74, 6) is 0. The molecule has 2 aromatic carbocycles. The molecular formula is C20H20ClN5S. The molecule has 1 aromatic heterocycles. The molecule has 2 N–H and O–H groups in total. The Morgan fingerprint density at radius 1 is 1.11 bits per heavy atom. The summed E-state index contributed by atoms with van der Waals surface area (Å²) in [6, 6.07) is 20.1. The number of hydrogen-bond acceptors (Lipinski definition) is 3. The molecule has 0 spiro atoms. The predicted octanol–water partition coefficient (Wildman–Crippen LogP) is 3.89. The molecule has 3 rings (SSSR count). The number of benzene rings is 2. The van der Waals surface area contributed by atoms with Gasteiger partial charge in [0.1, 0.15) is 5.15 Å². The highest BCUT2D eigenvalue weighted by Crippen LogP contribution is 2.19. The van der Waals surface area contributed by atoms with Gasteiger partial charge in [-0.05, 0) is 30.3 Å². The second-order valence-corrected chi connectivity index (χ2v) is 6.74. The van der Waals surface area contributed by atoms with E-state index in [9.17, 15) is 0 Å². The first-order chi connectivity index (χ1) is 13.1. The van der Waals surface area contributed by atoms with Crippen molar-refractivity contribution in [2.24, 2.45) is 5.10 Å². The zero-order valence-electron chi connectivity index (χ0n) is 14.9. The fourth-order valence-electron chi connectivity index (χ4n) is 2.55. The summed E-state index contributed by atoms with van der Waals surface area (Å²) in [6.07, 6.45) is 1.64. The van der Waals surface area contributed by atoms with Crippen LogP contribution in [-0.2, 0) is 13.1 Å². The third-order valence-corrected chi connectivity index (χ3v) is 4.57. The summed E-state index contributed by atoms with van der Waals surface area (Å²) in [5.41, 5.74) is 6.67. The second-order valence-electron chi connectivity index (χ2n) is 5.97. The highest BCUT2D eigenvalue weighted by molar-refractivity contribution is 7.80. The van der Waals surface area contributed by atoms with Crippen molar-refractivity contribution < 1.29 is 0 Å². The molecule has 0 saturated carbocycles. The van der Waals surface area contributed by atoms with Crippen LogP contribution in [0.3, 0.4) is 0 Å². The van der Waals surface area contributed by atoms with Gasteiger partial charge in [-0.15, -0.1) is 0 Å². The van der Waals surface area contributed by atoms with Crippen molar-refractivity contribution >= 4 is 35.1 Å². The molecule has 0 unspecified atom stereocenters. The minimum atomic E-state index is 0.445. The van der Waals surface area contributed by atoms with Gasteiger partial charge in [-0.25, -0.2) is 4.68 Å². The van der Waals surface area contributed by atoms with E-state index >= 15 is 0 Å². The van der Waals surface area contributed by atoms with Gasteiger partial charge in [-0.3, -0.25) is 5.43 Å². The van der Waals surface area contributed by atoms with Crippen molar-refractivity contribution in [3.05, 3.63) is 88.2 Å². The Kier molecular flexibility index (Phi) is 6.57. The fourth-order valence-corrected chi connectivity index (χ4v) is 2.96. The van der Waals surface area contributed by atoms with E-state index < -0.39 is 0 Å². The molecule has 138 valence electrons. The molecule has 0 aliphatic carbocycles. The Balaban J connectivity index is 1.57. The lowest BCUT2D eigenvalue weighted by molar-refractivity contribution is 0.680. The van der Waals surface area contributed by atoms with Crippen LogP contribution in [-0.4, -0.2) is 21.1 Å². The third kappa shape index (κ3) is 5.39. The summed E-state index contributed by atoms with van der Waals surface area (Å²) >= 11 is 11.7. The van der Waals surface area contributed by atoms with Crippen molar-refractivity contribution in [3.63, 3.8) is 0 Å². The van der Waals surface area contributed by atoms with Gasteiger partial charge >= 0.3 is 0 Å². The molecule has 0 amide bonds. The van der Waals surface area contributed by atoms with Crippen LogP contribution in [0.25, 0.3) is 0 Å². The lowest BCUT2D eigenvalue weighted by Gasteiger charge is -2.06. The summed E-state index contributed by atoms with van der Waals surface area (Å²) in [6.45, 7) is 3.15. The number of rotatable bonds is 6. The molecule has 0 aliphatic rings. The Bertz CT molecular complexity index is 922. The number of aryl methyl sites for hydroxylation is 1. The van der Waals surface area contributed by atoms with Gasteiger partial charge in [-0.2, -0.15) is 10.2 Å². The zero-order chi connectivity index (χ0) is 19.1. The van der Waals surface area contributed by atoms with Crippen molar-refractivity contribution in [1.29, 1.82) is 0 Å². The summed E-state index contributed by atoms with van der Waals surface area (Å²) in [4.78, 5) is 0. The van der Waals surface area contributed by atoms with Crippen LogP contribution >= 0.6 is 23.8 Å². The van der Waals surface area contributed by atoms with Crippen molar-refractivity contribution in [3.8, 4) is 0 Å². The topological polar surface area (TPSA) is 54.2 Å². The smallest absolute Gasteiger partial charge is 0.187 e. The number of nitrogens with zero attached hydrogens (tertiary/aromatic N) is 3. The first kappa shape index (κ1) is 19.1. The first-order valence-corrected chi connectivity index (χ1v) is 9.30. The van der Waals surface area contributed by atoms with Gasteiger partial charge in [0.15, 0.2) is 5.11 Å². The maximum absolute atomic E-state index is 6.47. The van der Waals surface area contributed by atoms with Gasteiger partial charge in [-0.1, -0.05) is 72.3 Å². The molecule has 0 aliphatic heterocycles. The molecule has 27 heavy (non-hydrogen) atoms. The van der Waals surface area contributed by atoms with Gasteiger partial charge in [0.2, 0.25) is 0 Å². The Morgan fingerprint density at radius 2 is 1.74 bits per heavy atom. The van der Waals surface area contributed by atoms with Crippen LogP contribution in [0.2, 0.25) is 5.15 Å². The lowest BCUT2D eigenvalue weighted by atomic mass is 10.2. The lowest BCUT2D eigenvalue weighted by Crippen LogP contribution is -2.31. The van der Waals surface area contributed by atoms with Crippen molar-refractivity contribution in [2.45, 2.75) is 20.0 Å². The highest BCUT2D eigenvalue weighted by Gasteiger charge is 2.12. The van der Waals surface area contributed by atoms with E-state index in [2.05, 4.69) is 20.9 Å². The third-order valence-electron chi connectivity index (χ3n) is 3.94. The normalized spacial score (nSPS) is 10.9. The fraction of sp³-hybridized carbons (Fsp3) is 0.150. The molecule has 5 nitrogen and oxygen atoms in total. The molecule has 0 fully saturated rings. The van der Waals surface area contributed by atoms with Gasteiger partial charge in [0.05, 0.1) is 24.0 Å². The standard InChI is InChI=1S/C20H20ClN5S/c1-15-18(19(21)26(25-15)14-17-10-6-3-7-11-17)13-23-24-20(27)22-12-16-8-4-2-5-9-16/h2-11,13H,12,14H2,1H3,(H2,22,24,27)/b23-13+. The van der Waals surface area contributed by atoms with E-state index in [1.54, 1.807) is 10.9 Å². The number of halogens is 1.